The van der Waals surface area contributed by atoms with Crippen LogP contribution in [0, 0.1) is 27.4 Å². The van der Waals surface area contributed by atoms with Crippen LogP contribution in [0.3, 0.4) is 0 Å². The molecule has 2 aromatic carbocycles. The molecule has 2 heterocycles. The van der Waals surface area contributed by atoms with Crippen LogP contribution in [-0.2, 0) is 25.4 Å². The summed E-state index contributed by atoms with van der Waals surface area (Å²) in [6, 6.07) is 14.7. The van der Waals surface area contributed by atoms with Crippen molar-refractivity contribution >= 4 is 42.5 Å². The number of β-lactam (4-membered cyclic amide) rings is 1. The third-order valence-corrected chi connectivity index (χ3v) is 13.5. The number of nitrogens with zero attached hydrogens (tertiary/aromatic N) is 3. The van der Waals surface area contributed by atoms with E-state index in [1.54, 1.807) is 24.3 Å². The minimum absolute atomic E-state index is 0.0549. The Labute approximate surface area is 233 Å². The van der Waals surface area contributed by atoms with Crippen molar-refractivity contribution < 1.29 is 23.7 Å². The van der Waals surface area contributed by atoms with Crippen molar-refractivity contribution in [1.82, 2.24) is 4.90 Å². The second kappa shape index (κ2) is 11.0. The van der Waals surface area contributed by atoms with E-state index in [0.717, 1.165) is 5.56 Å². The third-order valence-electron chi connectivity index (χ3n) is 7.53. The Balaban J connectivity index is 1.52. The fourth-order valence-corrected chi connectivity index (χ4v) is 6.73. The number of ether oxygens (including phenoxy) is 1. The zero-order valence-electron chi connectivity index (χ0n) is 22.6. The van der Waals surface area contributed by atoms with E-state index in [1.165, 1.54) is 40.9 Å². The minimum Gasteiger partial charge on any atom is -0.456 e. The molecule has 2 atom stereocenters. The molecule has 4 rings (SSSR count). The van der Waals surface area contributed by atoms with Crippen LogP contribution in [0.4, 0.5) is 5.69 Å². The van der Waals surface area contributed by atoms with Crippen molar-refractivity contribution in [2.75, 3.05) is 6.61 Å². The van der Waals surface area contributed by atoms with Crippen molar-refractivity contribution in [1.29, 1.82) is 5.26 Å². The number of benzene rings is 2. The average Bonchev–Trinajstić information content (AvgIpc) is 3.25. The highest BCUT2D eigenvalue weighted by Gasteiger charge is 2.56. The van der Waals surface area contributed by atoms with E-state index in [1.807, 2.05) is 0 Å². The summed E-state index contributed by atoms with van der Waals surface area (Å²) in [6.45, 7) is 11.2. The Kier molecular flexibility index (Phi) is 8.02. The minimum atomic E-state index is -1.96. The predicted octanol–water partition coefficient (Wildman–Crippen LogP) is 5.82. The number of esters is 1. The van der Waals surface area contributed by atoms with Gasteiger partial charge in [0.25, 0.3) is 5.69 Å². The van der Waals surface area contributed by atoms with Crippen LogP contribution in [0.2, 0.25) is 18.1 Å². The molecule has 0 aromatic heterocycles. The third kappa shape index (κ3) is 5.78. The molecule has 2 aromatic rings. The topological polar surface area (TPSA) is 123 Å². The van der Waals surface area contributed by atoms with E-state index in [-0.39, 0.29) is 40.2 Å². The van der Waals surface area contributed by atoms with Gasteiger partial charge < -0.3 is 9.16 Å². The molecule has 9 nitrogen and oxygen atoms in total. The summed E-state index contributed by atoms with van der Waals surface area (Å²) in [4.78, 5) is 39.2. The number of hydrogen-bond acceptors (Lipinski definition) is 8. The lowest BCUT2D eigenvalue weighted by Crippen LogP contribution is -2.57. The average molecular weight is 566 g/mol. The van der Waals surface area contributed by atoms with Gasteiger partial charge in [0.1, 0.15) is 12.3 Å². The van der Waals surface area contributed by atoms with Gasteiger partial charge in [-0.2, -0.15) is 5.26 Å². The van der Waals surface area contributed by atoms with Gasteiger partial charge in [-0.15, -0.1) is 0 Å². The molecular weight excluding hydrogens is 534 g/mol. The molecule has 11 heteroatoms. The van der Waals surface area contributed by atoms with Gasteiger partial charge in [0, 0.05) is 23.6 Å². The summed E-state index contributed by atoms with van der Waals surface area (Å²) in [5.41, 5.74) is 1.93. The first kappa shape index (κ1) is 28.5. The number of carbonyl (C=O) groups excluding carboxylic acids is 2. The Morgan fingerprint density at radius 3 is 2.36 bits per heavy atom. The lowest BCUT2D eigenvalue weighted by Gasteiger charge is -2.43. The first-order valence-electron chi connectivity index (χ1n) is 12.6. The maximum Gasteiger partial charge on any atom is 0.356 e. The van der Waals surface area contributed by atoms with Crippen LogP contribution < -0.4 is 0 Å². The van der Waals surface area contributed by atoms with Gasteiger partial charge in [-0.25, -0.2) is 4.79 Å². The molecular formula is C28H31N3O6SSi. The van der Waals surface area contributed by atoms with Crippen molar-refractivity contribution in [2.24, 2.45) is 5.92 Å². The van der Waals surface area contributed by atoms with Crippen molar-refractivity contribution in [2.45, 2.75) is 57.3 Å². The number of amides is 1. The van der Waals surface area contributed by atoms with Gasteiger partial charge >= 0.3 is 5.97 Å². The van der Waals surface area contributed by atoms with Crippen LogP contribution in [0.15, 0.2) is 54.2 Å². The Morgan fingerprint density at radius 1 is 1.15 bits per heavy atom. The highest BCUT2D eigenvalue weighted by Crippen LogP contribution is 2.54. The lowest BCUT2D eigenvalue weighted by molar-refractivity contribution is -0.384. The molecule has 0 saturated carbocycles. The molecule has 204 valence electrons. The first-order chi connectivity index (χ1) is 18.3. The lowest BCUT2D eigenvalue weighted by atomic mass is 9.94. The van der Waals surface area contributed by atoms with Gasteiger partial charge in [0.05, 0.1) is 27.8 Å². The van der Waals surface area contributed by atoms with Crippen LogP contribution >= 0.6 is 11.8 Å². The molecule has 0 spiro atoms. The highest BCUT2D eigenvalue weighted by atomic mass is 32.2. The number of nitro benzene ring substituents is 1. The number of rotatable bonds is 9. The van der Waals surface area contributed by atoms with Crippen molar-refractivity contribution in [3.63, 3.8) is 0 Å². The maximum atomic E-state index is 13.3. The summed E-state index contributed by atoms with van der Waals surface area (Å²) in [5.74, 6) is -1.07. The highest BCUT2D eigenvalue weighted by molar-refractivity contribution is 8.09. The van der Waals surface area contributed by atoms with Crippen LogP contribution in [0.25, 0.3) is 4.91 Å². The largest absolute Gasteiger partial charge is 0.456 e. The van der Waals surface area contributed by atoms with Gasteiger partial charge in [-0.3, -0.25) is 19.8 Å². The molecule has 2 aliphatic heterocycles. The van der Waals surface area contributed by atoms with Gasteiger partial charge in [0.15, 0.2) is 8.32 Å². The van der Waals surface area contributed by atoms with Crippen molar-refractivity contribution in [3.8, 4) is 6.07 Å². The van der Waals surface area contributed by atoms with Gasteiger partial charge in [0.2, 0.25) is 5.91 Å². The number of nitro groups is 1. The van der Waals surface area contributed by atoms with E-state index in [0.29, 0.717) is 29.1 Å². The predicted molar refractivity (Wildman–Crippen MR) is 150 cm³/mol. The number of fused-ring (bicyclic) bond motifs is 1. The maximum absolute atomic E-state index is 13.3. The van der Waals surface area contributed by atoms with Crippen molar-refractivity contribution in [3.05, 3.63) is 81.0 Å². The number of hydrogen-bond donors (Lipinski definition) is 0. The monoisotopic (exact) mass is 565 g/mol. The fraction of sp³-hybridized carbons (Fsp3) is 0.393. The molecule has 1 saturated heterocycles. The van der Waals surface area contributed by atoms with Gasteiger partial charge in [-0.1, -0.05) is 44.7 Å². The van der Waals surface area contributed by atoms with E-state index in [4.69, 9.17) is 9.16 Å². The summed E-state index contributed by atoms with van der Waals surface area (Å²) in [7, 11) is -1.96. The van der Waals surface area contributed by atoms with E-state index in [9.17, 15) is 25.0 Å². The second-order valence-corrected chi connectivity index (χ2v) is 17.0. The SMILES string of the molecule is CC(C)(C)[Si](C)(C)OCC[C@H]1C(=O)N2C(C(=O)OCc3ccc([N+](=O)[O-])cc3)=C(c3ccc(C#N)cc3)S[C@H]12. The van der Waals surface area contributed by atoms with E-state index < -0.39 is 19.2 Å². The molecule has 0 radical (unpaired) electrons. The fourth-order valence-electron chi connectivity index (χ4n) is 4.13. The summed E-state index contributed by atoms with van der Waals surface area (Å²) < 4.78 is 11.9. The van der Waals surface area contributed by atoms with Crippen LogP contribution in [0.1, 0.15) is 43.9 Å². The summed E-state index contributed by atoms with van der Waals surface area (Å²) in [6.07, 6.45) is 0.561. The van der Waals surface area contributed by atoms with Crippen LogP contribution in [0.5, 0.6) is 0 Å². The zero-order valence-corrected chi connectivity index (χ0v) is 24.4. The Morgan fingerprint density at radius 2 is 1.79 bits per heavy atom. The molecule has 0 bridgehead atoms. The van der Waals surface area contributed by atoms with Gasteiger partial charge in [-0.05, 0) is 59.9 Å². The van der Waals surface area contributed by atoms with E-state index >= 15 is 0 Å². The summed E-state index contributed by atoms with van der Waals surface area (Å²) >= 11 is 1.45. The quantitative estimate of drug-likeness (QED) is 0.122. The standard InChI is InChI=1S/C28H31N3O6SSi/c1-28(2,3)39(4,5)37-15-14-22-25(32)30-23(24(38-26(22)30)20-10-6-18(16-29)7-11-20)27(33)36-17-19-8-12-21(13-9-19)31(34)35/h6-13,22,26H,14-15,17H2,1-5H3/t22-,26+/m0/s1. The zero-order chi connectivity index (χ0) is 28.5. The second-order valence-electron chi connectivity index (χ2n) is 11.1. The molecule has 1 amide bonds. The Hall–Kier alpha value is -3.46. The molecule has 0 N–H and O–H groups in total. The molecule has 39 heavy (non-hydrogen) atoms. The molecule has 1 fully saturated rings. The molecule has 0 aliphatic carbocycles. The summed E-state index contributed by atoms with van der Waals surface area (Å²) in [5, 5.41) is 19.9. The number of non-ortho nitro benzene ring substituents is 1. The van der Waals surface area contributed by atoms with E-state index in [2.05, 4.69) is 39.9 Å². The molecule has 0 unspecified atom stereocenters. The first-order valence-corrected chi connectivity index (χ1v) is 16.4. The number of carbonyl (C=O) groups is 2. The molecule has 2 aliphatic rings. The smallest absolute Gasteiger partial charge is 0.356 e. The Bertz CT molecular complexity index is 1360. The van der Waals surface area contributed by atoms with Crippen LogP contribution in [-0.4, -0.2) is 42.0 Å². The normalized spacial score (nSPS) is 18.9. The number of thioether (sulfide) groups is 1. The number of nitriles is 1.